The van der Waals surface area contributed by atoms with Crippen LogP contribution < -0.4 is 10.1 Å². The van der Waals surface area contributed by atoms with Crippen molar-refractivity contribution in [3.8, 4) is 11.6 Å². The first-order valence-corrected chi connectivity index (χ1v) is 10.2. The predicted octanol–water partition coefficient (Wildman–Crippen LogP) is 5.08. The first-order chi connectivity index (χ1) is 13.2. The zero-order valence-electron chi connectivity index (χ0n) is 15.1. The van der Waals surface area contributed by atoms with Gasteiger partial charge in [-0.2, -0.15) is 0 Å². The second-order valence-corrected chi connectivity index (χ2v) is 8.78. The molecule has 4 aliphatic rings. The molecule has 4 bridgehead atoms. The molecule has 140 valence electrons. The summed E-state index contributed by atoms with van der Waals surface area (Å²) in [5.41, 5.74) is 0.487. The van der Waals surface area contributed by atoms with Crippen molar-refractivity contribution in [3.63, 3.8) is 0 Å². The number of nitrogens with one attached hydrogen (secondary N) is 1. The first-order valence-electron chi connectivity index (χ1n) is 9.85. The summed E-state index contributed by atoms with van der Waals surface area (Å²) >= 11 is 5.93. The van der Waals surface area contributed by atoms with Crippen molar-refractivity contribution in [2.45, 2.75) is 38.1 Å². The molecule has 27 heavy (non-hydrogen) atoms. The zero-order valence-corrected chi connectivity index (χ0v) is 15.9. The highest BCUT2D eigenvalue weighted by atomic mass is 35.5. The van der Waals surface area contributed by atoms with Crippen LogP contribution in [0.3, 0.4) is 0 Å². The summed E-state index contributed by atoms with van der Waals surface area (Å²) in [6.07, 6.45) is 8.16. The molecule has 4 aliphatic carbocycles. The first kappa shape index (κ1) is 17.1. The van der Waals surface area contributed by atoms with E-state index in [0.717, 1.165) is 11.8 Å². The van der Waals surface area contributed by atoms with Crippen LogP contribution in [-0.2, 0) is 0 Å². The van der Waals surface area contributed by atoms with Crippen molar-refractivity contribution in [2.75, 3.05) is 0 Å². The van der Waals surface area contributed by atoms with E-state index in [1.54, 1.807) is 42.6 Å². The summed E-state index contributed by atoms with van der Waals surface area (Å²) in [5, 5.41) is 3.98. The molecule has 4 saturated carbocycles. The maximum atomic E-state index is 13.0. The van der Waals surface area contributed by atoms with Crippen LogP contribution >= 0.6 is 11.6 Å². The number of carbonyl (C=O) groups is 1. The Morgan fingerprint density at radius 1 is 1.00 bits per heavy atom. The highest BCUT2D eigenvalue weighted by molar-refractivity contribution is 6.30. The third-order valence-corrected chi connectivity index (χ3v) is 6.82. The van der Waals surface area contributed by atoms with E-state index in [0.29, 0.717) is 40.1 Å². The van der Waals surface area contributed by atoms with Crippen molar-refractivity contribution in [1.29, 1.82) is 0 Å². The van der Waals surface area contributed by atoms with Crippen molar-refractivity contribution in [3.05, 3.63) is 53.2 Å². The van der Waals surface area contributed by atoms with Crippen LogP contribution in [0.15, 0.2) is 42.6 Å². The van der Waals surface area contributed by atoms with Crippen LogP contribution in [0.1, 0.15) is 42.5 Å². The molecule has 0 saturated heterocycles. The fourth-order valence-electron chi connectivity index (χ4n) is 5.65. The van der Waals surface area contributed by atoms with E-state index in [2.05, 4.69) is 10.3 Å². The number of hydrogen-bond acceptors (Lipinski definition) is 3. The molecule has 4 nitrogen and oxygen atoms in total. The summed E-state index contributed by atoms with van der Waals surface area (Å²) in [6, 6.07) is 10.9. The molecule has 0 aliphatic heterocycles. The Balaban J connectivity index is 1.34. The molecule has 2 aromatic rings. The lowest BCUT2D eigenvalue weighted by atomic mass is 9.54. The van der Waals surface area contributed by atoms with E-state index in [1.165, 1.54) is 32.1 Å². The third-order valence-electron chi connectivity index (χ3n) is 6.57. The summed E-state index contributed by atoms with van der Waals surface area (Å²) in [6.45, 7) is 0. The van der Waals surface area contributed by atoms with Gasteiger partial charge in [-0.15, -0.1) is 0 Å². The van der Waals surface area contributed by atoms with Crippen LogP contribution in [0.4, 0.5) is 0 Å². The van der Waals surface area contributed by atoms with Gasteiger partial charge in [-0.25, -0.2) is 4.98 Å². The smallest absolute Gasteiger partial charge is 0.257 e. The number of aromatic nitrogens is 1. The number of pyridine rings is 1. The number of benzene rings is 1. The van der Waals surface area contributed by atoms with E-state index in [1.807, 2.05) is 0 Å². The summed E-state index contributed by atoms with van der Waals surface area (Å²) in [5.74, 6) is 3.93. The second-order valence-electron chi connectivity index (χ2n) is 8.34. The van der Waals surface area contributed by atoms with Crippen molar-refractivity contribution >= 4 is 17.5 Å². The average molecular weight is 383 g/mol. The molecule has 0 radical (unpaired) electrons. The molecule has 1 aromatic carbocycles. The molecule has 5 heteroatoms. The lowest BCUT2D eigenvalue weighted by Crippen LogP contribution is -2.55. The number of ether oxygens (including phenoxy) is 1. The molecule has 1 aromatic heterocycles. The van der Waals surface area contributed by atoms with E-state index >= 15 is 0 Å². The van der Waals surface area contributed by atoms with E-state index in [9.17, 15) is 4.79 Å². The largest absolute Gasteiger partial charge is 0.438 e. The Kier molecular flexibility index (Phi) is 4.31. The van der Waals surface area contributed by atoms with Gasteiger partial charge in [-0.3, -0.25) is 4.79 Å². The Morgan fingerprint density at radius 2 is 1.67 bits per heavy atom. The van der Waals surface area contributed by atoms with Crippen molar-refractivity contribution < 1.29 is 9.53 Å². The van der Waals surface area contributed by atoms with Crippen LogP contribution in [0, 0.1) is 23.7 Å². The topological polar surface area (TPSA) is 51.2 Å². The Hall–Kier alpha value is -2.07. The lowest BCUT2D eigenvalue weighted by molar-refractivity contribution is -0.0119. The highest BCUT2D eigenvalue weighted by Crippen LogP contribution is 2.53. The van der Waals surface area contributed by atoms with E-state index in [-0.39, 0.29) is 5.91 Å². The van der Waals surface area contributed by atoms with Gasteiger partial charge in [-0.05, 0) is 92.2 Å². The fraction of sp³-hybridized carbons (Fsp3) is 0.455. The molecule has 0 unspecified atom stereocenters. The van der Waals surface area contributed by atoms with Crippen LogP contribution in [0.5, 0.6) is 11.6 Å². The molecule has 1 N–H and O–H groups in total. The standard InChI is InChI=1S/C22H23ClN2O2/c23-17-3-5-18(6-4-17)27-22-19(2-1-7-24-22)21(26)25-20-15-9-13-8-14(11-15)12-16(20)10-13/h1-7,13-16,20H,8-12H2,(H,25,26). The molecular weight excluding hydrogens is 360 g/mol. The molecule has 0 atom stereocenters. The minimum absolute atomic E-state index is 0.0791. The average Bonchev–Trinajstić information content (AvgIpc) is 2.66. The SMILES string of the molecule is O=C(NC1C2CC3CC(C2)CC1C3)c1cccnc1Oc1ccc(Cl)cc1. The van der Waals surface area contributed by atoms with Gasteiger partial charge in [0.05, 0.1) is 0 Å². The van der Waals surface area contributed by atoms with Gasteiger partial charge in [0.25, 0.3) is 5.91 Å². The molecule has 0 spiro atoms. The minimum Gasteiger partial charge on any atom is -0.438 e. The Bertz CT molecular complexity index is 824. The predicted molar refractivity (Wildman–Crippen MR) is 104 cm³/mol. The number of rotatable bonds is 4. The van der Waals surface area contributed by atoms with E-state index < -0.39 is 0 Å². The minimum atomic E-state index is -0.0791. The molecular formula is C22H23ClN2O2. The summed E-state index contributed by atoms with van der Waals surface area (Å²) < 4.78 is 5.86. The van der Waals surface area contributed by atoms with E-state index in [4.69, 9.17) is 16.3 Å². The maximum Gasteiger partial charge on any atom is 0.257 e. The van der Waals surface area contributed by atoms with Crippen molar-refractivity contribution in [2.24, 2.45) is 23.7 Å². The zero-order chi connectivity index (χ0) is 18.4. The summed E-state index contributed by atoms with van der Waals surface area (Å²) in [7, 11) is 0. The van der Waals surface area contributed by atoms with Gasteiger partial charge in [0.2, 0.25) is 5.88 Å². The number of carbonyl (C=O) groups excluding carboxylic acids is 1. The van der Waals surface area contributed by atoms with Gasteiger partial charge in [0, 0.05) is 17.3 Å². The highest BCUT2D eigenvalue weighted by Gasteiger charge is 2.48. The van der Waals surface area contributed by atoms with Crippen LogP contribution in [-0.4, -0.2) is 16.9 Å². The van der Waals surface area contributed by atoms with Gasteiger partial charge >= 0.3 is 0 Å². The number of nitrogens with zero attached hydrogens (tertiary/aromatic N) is 1. The van der Waals surface area contributed by atoms with Gasteiger partial charge in [-0.1, -0.05) is 11.6 Å². The monoisotopic (exact) mass is 382 g/mol. The van der Waals surface area contributed by atoms with Crippen LogP contribution in [0.2, 0.25) is 5.02 Å². The van der Waals surface area contributed by atoms with Crippen LogP contribution in [0.25, 0.3) is 0 Å². The fourth-order valence-corrected chi connectivity index (χ4v) is 5.78. The Morgan fingerprint density at radius 3 is 2.33 bits per heavy atom. The number of halogens is 1. The number of amides is 1. The normalized spacial score (nSPS) is 30.9. The van der Waals surface area contributed by atoms with Gasteiger partial charge < -0.3 is 10.1 Å². The Labute approximate surface area is 164 Å². The molecule has 6 rings (SSSR count). The number of hydrogen-bond donors (Lipinski definition) is 1. The van der Waals surface area contributed by atoms with Crippen molar-refractivity contribution in [1.82, 2.24) is 10.3 Å². The van der Waals surface area contributed by atoms with Gasteiger partial charge in [0.1, 0.15) is 11.3 Å². The quantitative estimate of drug-likeness (QED) is 0.802. The maximum absolute atomic E-state index is 13.0. The third kappa shape index (κ3) is 3.31. The lowest BCUT2D eigenvalue weighted by Gasteiger charge is -2.54. The molecule has 1 amide bonds. The molecule has 1 heterocycles. The molecule has 4 fully saturated rings. The van der Waals surface area contributed by atoms with Gasteiger partial charge in [0.15, 0.2) is 0 Å². The second kappa shape index (κ2) is 6.83. The summed E-state index contributed by atoms with van der Waals surface area (Å²) in [4.78, 5) is 17.3.